The molecule has 4 aliphatic rings. The Balaban J connectivity index is 1.34. The summed E-state index contributed by atoms with van der Waals surface area (Å²) in [6.45, 7) is 4.98. The summed E-state index contributed by atoms with van der Waals surface area (Å²) < 4.78 is 44.5. The fraction of sp³-hybridized carbons (Fsp3) is 0.800. The molecule has 4 saturated carbocycles. The average molecular weight is 438 g/mol. The van der Waals surface area contributed by atoms with E-state index in [0.29, 0.717) is 5.41 Å². The van der Waals surface area contributed by atoms with Gasteiger partial charge in [-0.3, -0.25) is 4.79 Å². The van der Waals surface area contributed by atoms with E-state index in [2.05, 4.69) is 13.8 Å². The van der Waals surface area contributed by atoms with E-state index in [1.54, 1.807) is 0 Å². The van der Waals surface area contributed by atoms with Crippen molar-refractivity contribution in [3.05, 3.63) is 28.7 Å². The molecule has 1 aromatic rings. The van der Waals surface area contributed by atoms with Crippen LogP contribution in [-0.2, 0) is 6.30 Å². The molecule has 2 unspecified atom stereocenters. The fourth-order valence-corrected chi connectivity index (χ4v) is 8.34. The van der Waals surface area contributed by atoms with Crippen molar-refractivity contribution in [1.29, 1.82) is 0 Å². The quantitative estimate of drug-likeness (QED) is 0.528. The molecule has 0 aliphatic heterocycles. The molecule has 5 rings (SSSR count). The van der Waals surface area contributed by atoms with E-state index in [1.165, 1.54) is 51.0 Å². The molecule has 0 N–H and O–H groups in total. The maximum atomic E-state index is 12.9. The first-order valence-electron chi connectivity index (χ1n) is 12.1. The number of hydrogen-bond donors (Lipinski definition) is 0. The molecule has 0 spiro atoms. The lowest BCUT2D eigenvalue weighted by Crippen LogP contribution is -2.54. The first kappa shape index (κ1) is 21.4. The SMILES string of the molecule is C[C@@]12CCC[C@H]1[C@@H]1CCC3CCC(Oc4ccn(C(F)(F)F)c(=O)c4)C[C@]3(C)[C@@H]1CC2. The van der Waals surface area contributed by atoms with Gasteiger partial charge in [0, 0.05) is 12.3 Å². The molecular weight excluding hydrogens is 403 g/mol. The summed E-state index contributed by atoms with van der Waals surface area (Å²) in [6, 6.07) is 2.26. The molecule has 1 aromatic heterocycles. The zero-order valence-corrected chi connectivity index (χ0v) is 18.6. The highest BCUT2D eigenvalue weighted by molar-refractivity contribution is 5.19. The number of rotatable bonds is 2. The number of fused-ring (bicyclic) bond motifs is 5. The van der Waals surface area contributed by atoms with Crippen molar-refractivity contribution in [2.75, 3.05) is 0 Å². The van der Waals surface area contributed by atoms with Crippen molar-refractivity contribution in [1.82, 2.24) is 4.57 Å². The Labute approximate surface area is 182 Å². The highest BCUT2D eigenvalue weighted by Gasteiger charge is 2.58. The lowest BCUT2D eigenvalue weighted by atomic mass is 9.45. The normalized spacial score (nSPS) is 42.4. The second-order valence-electron chi connectivity index (χ2n) is 11.3. The highest BCUT2D eigenvalue weighted by Crippen LogP contribution is 2.66. The zero-order valence-electron chi connectivity index (χ0n) is 18.6. The molecule has 6 heteroatoms. The van der Waals surface area contributed by atoms with Gasteiger partial charge in [0.05, 0.1) is 6.10 Å². The van der Waals surface area contributed by atoms with Crippen LogP contribution in [0.4, 0.5) is 13.2 Å². The second kappa shape index (κ2) is 7.28. The molecule has 0 amide bonds. The summed E-state index contributed by atoms with van der Waals surface area (Å²) in [6.07, 6.45) is 8.49. The van der Waals surface area contributed by atoms with Gasteiger partial charge in [-0.05, 0) is 98.4 Å². The van der Waals surface area contributed by atoms with Crippen LogP contribution in [0.2, 0.25) is 0 Å². The summed E-state index contributed by atoms with van der Waals surface area (Å²) in [5, 5.41) is 0. The van der Waals surface area contributed by atoms with Gasteiger partial charge in [0.2, 0.25) is 0 Å². The third-order valence-electron chi connectivity index (χ3n) is 9.82. The van der Waals surface area contributed by atoms with E-state index in [4.69, 9.17) is 4.74 Å². The molecule has 0 radical (unpaired) electrons. The molecule has 4 fully saturated rings. The van der Waals surface area contributed by atoms with Gasteiger partial charge in [0.1, 0.15) is 5.75 Å². The zero-order chi connectivity index (χ0) is 22.0. The van der Waals surface area contributed by atoms with Crippen LogP contribution in [0, 0.1) is 34.5 Å². The summed E-state index contributed by atoms with van der Waals surface area (Å²) in [5.74, 6) is 3.39. The van der Waals surface area contributed by atoms with Gasteiger partial charge in [-0.15, -0.1) is 13.2 Å². The number of halogens is 3. The van der Waals surface area contributed by atoms with Crippen molar-refractivity contribution in [3.8, 4) is 5.75 Å². The summed E-state index contributed by atoms with van der Waals surface area (Å²) in [5.41, 5.74) is -0.316. The number of aromatic nitrogens is 1. The van der Waals surface area contributed by atoms with Crippen molar-refractivity contribution in [2.24, 2.45) is 34.5 Å². The predicted molar refractivity (Wildman–Crippen MR) is 113 cm³/mol. The second-order valence-corrected chi connectivity index (χ2v) is 11.3. The molecule has 31 heavy (non-hydrogen) atoms. The Bertz CT molecular complexity index is 895. The number of nitrogens with zero attached hydrogens (tertiary/aromatic N) is 1. The third-order valence-corrected chi connectivity index (χ3v) is 9.82. The molecule has 0 bridgehead atoms. The molecule has 172 valence electrons. The minimum atomic E-state index is -4.70. The molecule has 3 nitrogen and oxygen atoms in total. The fourth-order valence-electron chi connectivity index (χ4n) is 8.34. The largest absolute Gasteiger partial charge is 0.491 e. The van der Waals surface area contributed by atoms with Gasteiger partial charge in [0.15, 0.2) is 0 Å². The number of hydrogen-bond acceptors (Lipinski definition) is 2. The first-order valence-corrected chi connectivity index (χ1v) is 12.1. The third kappa shape index (κ3) is 3.52. The van der Waals surface area contributed by atoms with E-state index in [9.17, 15) is 18.0 Å². The Kier molecular flexibility index (Phi) is 5.02. The van der Waals surface area contributed by atoms with Crippen LogP contribution in [-0.4, -0.2) is 10.7 Å². The Morgan fingerprint density at radius 1 is 1.03 bits per heavy atom. The summed E-state index contributed by atoms with van der Waals surface area (Å²) in [4.78, 5) is 11.9. The van der Waals surface area contributed by atoms with E-state index in [0.717, 1.165) is 55.2 Å². The van der Waals surface area contributed by atoms with E-state index in [-0.39, 0.29) is 21.8 Å². The molecule has 0 aromatic carbocycles. The van der Waals surface area contributed by atoms with Gasteiger partial charge in [-0.2, -0.15) is 0 Å². The Morgan fingerprint density at radius 2 is 1.81 bits per heavy atom. The van der Waals surface area contributed by atoms with E-state index >= 15 is 0 Å². The van der Waals surface area contributed by atoms with E-state index in [1.807, 2.05) is 0 Å². The minimum absolute atomic E-state index is 0.0296. The minimum Gasteiger partial charge on any atom is -0.490 e. The summed E-state index contributed by atoms with van der Waals surface area (Å²) in [7, 11) is 0. The lowest BCUT2D eigenvalue weighted by Gasteiger charge is -2.60. The van der Waals surface area contributed by atoms with Gasteiger partial charge in [-0.25, -0.2) is 4.57 Å². The van der Waals surface area contributed by atoms with Crippen LogP contribution in [0.3, 0.4) is 0 Å². The Hall–Kier alpha value is -1.46. The molecule has 1 heterocycles. The smallest absolute Gasteiger partial charge is 0.490 e. The maximum absolute atomic E-state index is 12.9. The monoisotopic (exact) mass is 437 g/mol. The van der Waals surface area contributed by atoms with Crippen LogP contribution in [0.5, 0.6) is 5.75 Å². The maximum Gasteiger partial charge on any atom is 0.491 e. The van der Waals surface area contributed by atoms with Crippen LogP contribution in [0.1, 0.15) is 78.1 Å². The van der Waals surface area contributed by atoms with E-state index < -0.39 is 11.9 Å². The van der Waals surface area contributed by atoms with Crippen molar-refractivity contribution < 1.29 is 17.9 Å². The topological polar surface area (TPSA) is 31.2 Å². The van der Waals surface area contributed by atoms with Gasteiger partial charge < -0.3 is 4.74 Å². The predicted octanol–water partition coefficient (Wildman–Crippen LogP) is 6.50. The van der Waals surface area contributed by atoms with Crippen LogP contribution in [0.25, 0.3) is 0 Å². The van der Waals surface area contributed by atoms with Gasteiger partial charge in [0.25, 0.3) is 5.56 Å². The van der Waals surface area contributed by atoms with Crippen molar-refractivity contribution >= 4 is 0 Å². The van der Waals surface area contributed by atoms with Crippen LogP contribution in [0.15, 0.2) is 23.1 Å². The summed E-state index contributed by atoms with van der Waals surface area (Å²) >= 11 is 0. The van der Waals surface area contributed by atoms with Crippen molar-refractivity contribution in [3.63, 3.8) is 0 Å². The first-order chi connectivity index (χ1) is 14.6. The number of alkyl halides is 3. The number of ether oxygens (including phenoxy) is 1. The standard InChI is InChI=1S/C25H34F3NO2/c1-23-11-3-4-20(23)19-8-6-16-5-7-18(15-24(16,2)21(19)9-12-23)31-17-10-13-29(22(30)14-17)25(26,27)28/h10,13-14,16,18-21H,3-9,11-12,15H2,1-2H3/t16?,18?,19-,20-,21+,23-,24-/m0/s1. The molecule has 7 atom stereocenters. The highest BCUT2D eigenvalue weighted by atomic mass is 19.4. The van der Waals surface area contributed by atoms with Crippen molar-refractivity contribution in [2.45, 2.75) is 90.5 Å². The van der Waals surface area contributed by atoms with Crippen LogP contribution >= 0.6 is 0 Å². The Morgan fingerprint density at radius 3 is 2.55 bits per heavy atom. The van der Waals surface area contributed by atoms with Gasteiger partial charge >= 0.3 is 6.30 Å². The number of pyridine rings is 1. The lowest BCUT2D eigenvalue weighted by molar-refractivity contribution is -0.206. The molecule has 0 saturated heterocycles. The average Bonchev–Trinajstić information content (AvgIpc) is 3.08. The molecule has 4 aliphatic carbocycles. The van der Waals surface area contributed by atoms with Crippen LogP contribution < -0.4 is 10.3 Å². The van der Waals surface area contributed by atoms with Gasteiger partial charge in [-0.1, -0.05) is 20.3 Å². The molecular formula is C25H34F3NO2.